The Labute approximate surface area is 224 Å². The lowest BCUT2D eigenvalue weighted by Crippen LogP contribution is -2.19. The van der Waals surface area contributed by atoms with Crippen molar-refractivity contribution in [2.24, 2.45) is 5.10 Å². The maximum atomic E-state index is 12.3. The summed E-state index contributed by atoms with van der Waals surface area (Å²) in [6, 6.07) is 22.4. The Hall–Kier alpha value is -4.57. The van der Waals surface area contributed by atoms with Gasteiger partial charge >= 0.3 is 0 Å². The molecule has 0 bridgehead atoms. The SMILES string of the molecule is Cc1ccc(C(=O)Nc2nnc(CC(=O)N/N=C\c3ccccc3OCCOc3cccc(C)c3)s2)cc1. The van der Waals surface area contributed by atoms with E-state index in [1.54, 1.807) is 12.1 Å². The first kappa shape index (κ1) is 26.5. The van der Waals surface area contributed by atoms with E-state index in [1.165, 1.54) is 6.21 Å². The van der Waals surface area contributed by atoms with Crippen LogP contribution in [0.3, 0.4) is 0 Å². The molecular formula is C28H27N5O4S. The first-order chi connectivity index (χ1) is 18.5. The maximum absolute atomic E-state index is 12.3. The zero-order chi connectivity index (χ0) is 26.7. The summed E-state index contributed by atoms with van der Waals surface area (Å²) < 4.78 is 11.6. The fraction of sp³-hybridized carbons (Fsp3) is 0.179. The average Bonchev–Trinajstić information content (AvgIpc) is 3.34. The number of anilines is 1. The fourth-order valence-electron chi connectivity index (χ4n) is 3.34. The highest BCUT2D eigenvalue weighted by molar-refractivity contribution is 7.15. The molecule has 0 aliphatic heterocycles. The number of nitrogens with one attached hydrogen (secondary N) is 2. The number of hydrogen-bond donors (Lipinski definition) is 2. The van der Waals surface area contributed by atoms with Crippen LogP contribution in [-0.4, -0.2) is 41.4 Å². The van der Waals surface area contributed by atoms with Crippen LogP contribution >= 0.6 is 11.3 Å². The van der Waals surface area contributed by atoms with Gasteiger partial charge in [-0.25, -0.2) is 5.43 Å². The maximum Gasteiger partial charge on any atom is 0.257 e. The first-order valence-electron chi connectivity index (χ1n) is 11.9. The van der Waals surface area contributed by atoms with E-state index in [9.17, 15) is 9.59 Å². The van der Waals surface area contributed by atoms with Gasteiger partial charge in [0.25, 0.3) is 5.91 Å². The van der Waals surface area contributed by atoms with Crippen molar-refractivity contribution < 1.29 is 19.1 Å². The summed E-state index contributed by atoms with van der Waals surface area (Å²) in [6.45, 7) is 4.70. The third-order valence-corrected chi connectivity index (χ3v) is 6.06. The number of nitrogens with zero attached hydrogens (tertiary/aromatic N) is 3. The predicted octanol–water partition coefficient (Wildman–Crippen LogP) is 4.56. The number of hydrazone groups is 1. The van der Waals surface area contributed by atoms with Gasteiger partial charge in [-0.3, -0.25) is 14.9 Å². The molecule has 2 amide bonds. The molecule has 3 aromatic carbocycles. The summed E-state index contributed by atoms with van der Waals surface area (Å²) in [4.78, 5) is 24.7. The number of rotatable bonds is 11. The number of ether oxygens (including phenoxy) is 2. The molecule has 0 fully saturated rings. The van der Waals surface area contributed by atoms with Crippen molar-refractivity contribution in [2.45, 2.75) is 20.3 Å². The van der Waals surface area contributed by atoms with Crippen LogP contribution in [0.1, 0.15) is 32.1 Å². The third-order valence-electron chi connectivity index (χ3n) is 5.22. The van der Waals surface area contributed by atoms with E-state index in [2.05, 4.69) is 26.0 Å². The van der Waals surface area contributed by atoms with E-state index in [4.69, 9.17) is 9.47 Å². The summed E-state index contributed by atoms with van der Waals surface area (Å²) >= 11 is 1.13. The zero-order valence-electron chi connectivity index (χ0n) is 21.0. The summed E-state index contributed by atoms with van der Waals surface area (Å²) in [5.41, 5.74) is 5.90. The smallest absolute Gasteiger partial charge is 0.257 e. The highest BCUT2D eigenvalue weighted by Crippen LogP contribution is 2.18. The molecule has 0 atom stereocenters. The van der Waals surface area contributed by atoms with Gasteiger partial charge in [0.05, 0.1) is 12.6 Å². The van der Waals surface area contributed by atoms with Gasteiger partial charge in [-0.05, 0) is 55.8 Å². The molecule has 0 saturated carbocycles. The molecule has 194 valence electrons. The number of para-hydroxylation sites is 1. The Balaban J connectivity index is 1.23. The normalized spacial score (nSPS) is 10.8. The molecule has 0 radical (unpaired) electrons. The van der Waals surface area contributed by atoms with Crippen LogP contribution in [-0.2, 0) is 11.2 Å². The van der Waals surface area contributed by atoms with Crippen LogP contribution in [0.25, 0.3) is 0 Å². The number of carbonyl (C=O) groups excluding carboxylic acids is 2. The van der Waals surface area contributed by atoms with E-state index in [1.807, 2.05) is 74.5 Å². The van der Waals surface area contributed by atoms with Gasteiger partial charge in [-0.1, -0.05) is 53.3 Å². The molecule has 0 unspecified atom stereocenters. The fourth-order valence-corrected chi connectivity index (χ4v) is 4.07. The van der Waals surface area contributed by atoms with Crippen molar-refractivity contribution in [1.29, 1.82) is 0 Å². The Morgan fingerprint density at radius 2 is 1.71 bits per heavy atom. The van der Waals surface area contributed by atoms with Crippen LogP contribution in [0.15, 0.2) is 77.9 Å². The minimum absolute atomic E-state index is 0.0240. The van der Waals surface area contributed by atoms with Gasteiger partial charge in [-0.2, -0.15) is 5.10 Å². The predicted molar refractivity (Wildman–Crippen MR) is 147 cm³/mol. The van der Waals surface area contributed by atoms with Crippen molar-refractivity contribution >= 4 is 34.5 Å². The molecular weight excluding hydrogens is 502 g/mol. The van der Waals surface area contributed by atoms with Crippen LogP contribution in [0.4, 0.5) is 5.13 Å². The minimum Gasteiger partial charge on any atom is -0.490 e. The molecule has 4 aromatic rings. The Morgan fingerprint density at radius 3 is 2.53 bits per heavy atom. The summed E-state index contributed by atoms with van der Waals surface area (Å²) in [7, 11) is 0. The largest absolute Gasteiger partial charge is 0.490 e. The number of benzene rings is 3. The molecule has 0 saturated heterocycles. The van der Waals surface area contributed by atoms with Gasteiger partial charge in [0.2, 0.25) is 11.0 Å². The van der Waals surface area contributed by atoms with Crippen molar-refractivity contribution in [3.63, 3.8) is 0 Å². The Kier molecular flexibility index (Phi) is 9.14. The van der Waals surface area contributed by atoms with E-state index in [-0.39, 0.29) is 18.2 Å². The molecule has 0 spiro atoms. The number of aryl methyl sites for hydroxylation is 2. The number of amides is 2. The second-order valence-electron chi connectivity index (χ2n) is 8.34. The van der Waals surface area contributed by atoms with Crippen molar-refractivity contribution in [2.75, 3.05) is 18.5 Å². The van der Waals surface area contributed by atoms with Crippen LogP contribution in [0.5, 0.6) is 11.5 Å². The summed E-state index contributed by atoms with van der Waals surface area (Å²) in [5.74, 6) is 0.766. The standard InChI is InChI=1S/C28H27N5O4S/c1-19-10-12-21(13-11-19)27(35)30-28-33-32-26(38-28)17-25(34)31-29-18-22-7-3-4-9-24(22)37-15-14-36-23-8-5-6-20(2)16-23/h3-13,16,18H,14-15,17H2,1-2H3,(H,31,34)(H,30,33,35)/b29-18-. The molecule has 0 aliphatic rings. The van der Waals surface area contributed by atoms with E-state index in [0.717, 1.165) is 28.2 Å². The molecule has 9 nitrogen and oxygen atoms in total. The Morgan fingerprint density at radius 1 is 0.921 bits per heavy atom. The quantitative estimate of drug-likeness (QED) is 0.167. The van der Waals surface area contributed by atoms with Crippen molar-refractivity contribution in [3.8, 4) is 11.5 Å². The number of carbonyl (C=O) groups is 2. The zero-order valence-corrected chi connectivity index (χ0v) is 21.8. The highest BCUT2D eigenvalue weighted by Gasteiger charge is 2.12. The van der Waals surface area contributed by atoms with Gasteiger partial charge in [-0.15, -0.1) is 10.2 Å². The van der Waals surface area contributed by atoms with E-state index < -0.39 is 0 Å². The van der Waals surface area contributed by atoms with Gasteiger partial charge < -0.3 is 9.47 Å². The lowest BCUT2D eigenvalue weighted by molar-refractivity contribution is -0.120. The molecule has 1 aromatic heterocycles. The molecule has 0 aliphatic carbocycles. The minimum atomic E-state index is -0.362. The van der Waals surface area contributed by atoms with Gasteiger partial charge in [0.15, 0.2) is 0 Å². The molecule has 2 N–H and O–H groups in total. The van der Waals surface area contributed by atoms with Gasteiger partial charge in [0, 0.05) is 11.1 Å². The third kappa shape index (κ3) is 7.97. The second-order valence-corrected chi connectivity index (χ2v) is 9.40. The van der Waals surface area contributed by atoms with Gasteiger partial charge in [0.1, 0.15) is 29.7 Å². The summed E-state index contributed by atoms with van der Waals surface area (Å²) in [6.07, 6.45) is 1.49. The van der Waals surface area contributed by atoms with E-state index in [0.29, 0.717) is 40.2 Å². The molecule has 4 rings (SSSR count). The van der Waals surface area contributed by atoms with E-state index >= 15 is 0 Å². The monoisotopic (exact) mass is 529 g/mol. The van der Waals surface area contributed by atoms with Crippen LogP contribution < -0.4 is 20.2 Å². The molecule has 10 heteroatoms. The number of hydrogen-bond acceptors (Lipinski definition) is 8. The topological polar surface area (TPSA) is 115 Å². The lowest BCUT2D eigenvalue weighted by atomic mass is 10.1. The highest BCUT2D eigenvalue weighted by atomic mass is 32.1. The summed E-state index contributed by atoms with van der Waals surface area (Å²) in [5, 5.41) is 15.4. The second kappa shape index (κ2) is 13.1. The van der Waals surface area contributed by atoms with Crippen LogP contribution in [0, 0.1) is 13.8 Å². The van der Waals surface area contributed by atoms with Crippen molar-refractivity contribution in [3.05, 3.63) is 100 Å². The van der Waals surface area contributed by atoms with Crippen molar-refractivity contribution in [1.82, 2.24) is 15.6 Å². The molecule has 38 heavy (non-hydrogen) atoms. The van der Waals surface area contributed by atoms with Crippen LogP contribution in [0.2, 0.25) is 0 Å². The number of aromatic nitrogens is 2. The average molecular weight is 530 g/mol. The Bertz CT molecular complexity index is 1420. The lowest BCUT2D eigenvalue weighted by Gasteiger charge is -2.10. The molecule has 1 heterocycles. The first-order valence-corrected chi connectivity index (χ1v) is 12.7.